The average Bonchev–Trinajstić information content (AvgIpc) is 2.94. The molecule has 3 rings (SSSR count). The summed E-state index contributed by atoms with van der Waals surface area (Å²) in [5.74, 6) is 0.225. The number of anilines is 1. The van der Waals surface area contributed by atoms with Crippen molar-refractivity contribution in [2.75, 3.05) is 4.72 Å². The van der Waals surface area contributed by atoms with Crippen LogP contribution in [0.3, 0.4) is 0 Å². The van der Waals surface area contributed by atoms with Gasteiger partial charge in [-0.15, -0.1) is 0 Å². The van der Waals surface area contributed by atoms with E-state index in [-0.39, 0.29) is 16.4 Å². The first-order chi connectivity index (χ1) is 12.3. The molecule has 0 aliphatic heterocycles. The highest BCUT2D eigenvalue weighted by Gasteiger charge is 2.19. The van der Waals surface area contributed by atoms with Crippen LogP contribution in [0.1, 0.15) is 5.69 Å². The lowest BCUT2D eigenvalue weighted by atomic mass is 10.3. The van der Waals surface area contributed by atoms with Crippen molar-refractivity contribution < 1.29 is 13.3 Å². The van der Waals surface area contributed by atoms with E-state index in [1.165, 1.54) is 16.8 Å². The van der Waals surface area contributed by atoms with Crippen LogP contribution in [0, 0.1) is 17.0 Å². The second kappa shape index (κ2) is 6.77. The van der Waals surface area contributed by atoms with E-state index in [2.05, 4.69) is 9.82 Å². The molecule has 0 unspecified atom stereocenters. The first-order valence-corrected chi connectivity index (χ1v) is 9.22. The van der Waals surface area contributed by atoms with Crippen molar-refractivity contribution in [2.24, 2.45) is 0 Å². The zero-order chi connectivity index (χ0) is 18.9. The van der Waals surface area contributed by atoms with E-state index < -0.39 is 14.9 Å². The minimum atomic E-state index is -3.95. The van der Waals surface area contributed by atoms with Crippen LogP contribution in [-0.2, 0) is 10.0 Å². The highest BCUT2D eigenvalue weighted by Crippen LogP contribution is 2.23. The number of nitrogens with one attached hydrogen (secondary N) is 1. The van der Waals surface area contributed by atoms with E-state index in [1.807, 2.05) is 0 Å². The van der Waals surface area contributed by atoms with Crippen LogP contribution in [0.2, 0.25) is 5.02 Å². The molecule has 1 aromatic heterocycles. The molecular formula is C16H13ClN4O4S. The summed E-state index contributed by atoms with van der Waals surface area (Å²) in [6, 6.07) is 13.0. The van der Waals surface area contributed by atoms with Crippen molar-refractivity contribution in [3.63, 3.8) is 0 Å². The second-order valence-corrected chi connectivity index (χ2v) is 7.54. The standard InChI is InChI=1S/C16H13ClN4O4S/c1-11-9-16(20(18-11)14-4-2-3-12(17)10-14)19-26(24,25)15-7-5-13(6-8-15)21(22)23/h2-10,19H,1H3. The monoisotopic (exact) mass is 392 g/mol. The van der Waals surface area contributed by atoms with Crippen LogP contribution in [0.25, 0.3) is 5.69 Å². The Labute approximate surface area is 154 Å². The van der Waals surface area contributed by atoms with E-state index >= 15 is 0 Å². The van der Waals surface area contributed by atoms with E-state index in [4.69, 9.17) is 11.6 Å². The molecule has 134 valence electrons. The van der Waals surface area contributed by atoms with Crippen LogP contribution in [0.5, 0.6) is 0 Å². The number of hydrogen-bond acceptors (Lipinski definition) is 5. The van der Waals surface area contributed by atoms with Crippen molar-refractivity contribution in [1.29, 1.82) is 0 Å². The minimum Gasteiger partial charge on any atom is -0.263 e. The van der Waals surface area contributed by atoms with Gasteiger partial charge < -0.3 is 0 Å². The van der Waals surface area contributed by atoms with Gasteiger partial charge in [0.25, 0.3) is 15.7 Å². The van der Waals surface area contributed by atoms with Gasteiger partial charge in [0.1, 0.15) is 5.82 Å². The average molecular weight is 393 g/mol. The highest BCUT2D eigenvalue weighted by atomic mass is 35.5. The fourth-order valence-corrected chi connectivity index (χ4v) is 3.54. The van der Waals surface area contributed by atoms with E-state index in [1.54, 1.807) is 37.3 Å². The molecule has 10 heteroatoms. The molecular weight excluding hydrogens is 380 g/mol. The Bertz CT molecular complexity index is 1080. The summed E-state index contributed by atoms with van der Waals surface area (Å²) in [6.45, 7) is 1.73. The van der Waals surface area contributed by atoms with Crippen LogP contribution < -0.4 is 4.72 Å². The zero-order valence-electron chi connectivity index (χ0n) is 13.5. The molecule has 0 fully saturated rings. The third-order valence-corrected chi connectivity index (χ3v) is 5.09. The molecule has 0 saturated carbocycles. The second-order valence-electron chi connectivity index (χ2n) is 5.42. The van der Waals surface area contributed by atoms with Crippen LogP contribution in [0.4, 0.5) is 11.5 Å². The first-order valence-electron chi connectivity index (χ1n) is 7.36. The van der Waals surface area contributed by atoms with Gasteiger partial charge in [-0.25, -0.2) is 13.1 Å². The normalized spacial score (nSPS) is 11.3. The number of nitro benzene ring substituents is 1. The summed E-state index contributed by atoms with van der Waals surface area (Å²) in [7, 11) is -3.95. The van der Waals surface area contributed by atoms with Crippen LogP contribution >= 0.6 is 11.6 Å². The lowest BCUT2D eigenvalue weighted by Crippen LogP contribution is -2.16. The molecule has 1 heterocycles. The Kier molecular flexibility index (Phi) is 4.66. The van der Waals surface area contributed by atoms with Crippen molar-refractivity contribution in [1.82, 2.24) is 9.78 Å². The predicted octanol–water partition coefficient (Wildman–Crippen LogP) is 3.54. The third-order valence-electron chi connectivity index (χ3n) is 3.48. The maximum absolute atomic E-state index is 12.6. The van der Waals surface area contributed by atoms with E-state index in [0.29, 0.717) is 16.4 Å². The van der Waals surface area contributed by atoms with E-state index in [9.17, 15) is 18.5 Å². The fraction of sp³-hybridized carbons (Fsp3) is 0.0625. The van der Waals surface area contributed by atoms with Gasteiger partial charge in [0.05, 0.1) is 21.2 Å². The quantitative estimate of drug-likeness (QED) is 0.527. The maximum atomic E-state index is 12.6. The summed E-state index contributed by atoms with van der Waals surface area (Å²) < 4.78 is 29.1. The molecule has 8 nitrogen and oxygen atoms in total. The third kappa shape index (κ3) is 3.68. The number of rotatable bonds is 5. The first kappa shape index (κ1) is 17.9. The van der Waals surface area contributed by atoms with Crippen molar-refractivity contribution in [2.45, 2.75) is 11.8 Å². The lowest BCUT2D eigenvalue weighted by molar-refractivity contribution is -0.384. The summed E-state index contributed by atoms with van der Waals surface area (Å²) in [5.41, 5.74) is 1.00. The summed E-state index contributed by atoms with van der Waals surface area (Å²) >= 11 is 5.99. The molecule has 26 heavy (non-hydrogen) atoms. The van der Waals surface area contributed by atoms with Gasteiger partial charge in [-0.2, -0.15) is 5.10 Å². The molecule has 0 atom stereocenters. The Hall–Kier alpha value is -2.91. The number of aryl methyl sites for hydroxylation is 1. The summed E-state index contributed by atoms with van der Waals surface area (Å²) in [6.07, 6.45) is 0. The summed E-state index contributed by atoms with van der Waals surface area (Å²) in [4.78, 5) is 10.0. The van der Waals surface area contributed by atoms with Crippen molar-refractivity contribution in [3.8, 4) is 5.69 Å². The van der Waals surface area contributed by atoms with E-state index in [0.717, 1.165) is 12.1 Å². The highest BCUT2D eigenvalue weighted by molar-refractivity contribution is 7.92. The van der Waals surface area contributed by atoms with Gasteiger partial charge >= 0.3 is 0 Å². The molecule has 0 saturated heterocycles. The Morgan fingerprint density at radius 1 is 1.15 bits per heavy atom. The number of non-ortho nitro benzene ring substituents is 1. The van der Waals surface area contributed by atoms with Crippen LogP contribution in [-0.4, -0.2) is 23.1 Å². The largest absolute Gasteiger partial charge is 0.269 e. The number of sulfonamides is 1. The number of benzene rings is 2. The summed E-state index contributed by atoms with van der Waals surface area (Å²) in [5, 5.41) is 15.5. The molecule has 3 aromatic rings. The number of hydrogen-bond donors (Lipinski definition) is 1. The Morgan fingerprint density at radius 3 is 2.46 bits per heavy atom. The van der Waals surface area contributed by atoms with Crippen molar-refractivity contribution in [3.05, 3.63) is 75.4 Å². The molecule has 0 aliphatic carbocycles. The minimum absolute atomic E-state index is 0.0976. The zero-order valence-corrected chi connectivity index (χ0v) is 15.0. The number of nitrogens with zero attached hydrogens (tertiary/aromatic N) is 3. The van der Waals surface area contributed by atoms with Gasteiger partial charge in [0.2, 0.25) is 0 Å². The molecule has 0 radical (unpaired) electrons. The topological polar surface area (TPSA) is 107 Å². The molecule has 0 amide bonds. The van der Waals surface area contributed by atoms with Crippen LogP contribution in [0.15, 0.2) is 59.5 Å². The van der Waals surface area contributed by atoms with Gasteiger partial charge in [-0.1, -0.05) is 17.7 Å². The number of aromatic nitrogens is 2. The Morgan fingerprint density at radius 2 is 1.85 bits per heavy atom. The van der Waals surface area contributed by atoms with Crippen molar-refractivity contribution >= 4 is 33.1 Å². The number of halogens is 1. The predicted molar refractivity (Wildman–Crippen MR) is 97.2 cm³/mol. The molecule has 1 N–H and O–H groups in total. The molecule has 0 bridgehead atoms. The molecule has 0 aliphatic rings. The molecule has 2 aromatic carbocycles. The maximum Gasteiger partial charge on any atom is 0.269 e. The lowest BCUT2D eigenvalue weighted by Gasteiger charge is -2.11. The van der Waals surface area contributed by atoms with Gasteiger partial charge in [0, 0.05) is 23.2 Å². The van der Waals surface area contributed by atoms with Gasteiger partial charge in [-0.3, -0.25) is 14.8 Å². The number of nitro groups is 1. The Balaban J connectivity index is 1.97. The SMILES string of the molecule is Cc1cc(NS(=O)(=O)c2ccc([N+](=O)[O-])cc2)n(-c2cccc(Cl)c2)n1. The van der Waals surface area contributed by atoms with Gasteiger partial charge in [-0.05, 0) is 37.3 Å². The van der Waals surface area contributed by atoms with Gasteiger partial charge in [0.15, 0.2) is 0 Å². The molecule has 0 spiro atoms. The fourth-order valence-electron chi connectivity index (χ4n) is 2.32. The smallest absolute Gasteiger partial charge is 0.263 e.